The van der Waals surface area contributed by atoms with Crippen molar-refractivity contribution in [3.63, 3.8) is 0 Å². The van der Waals surface area contributed by atoms with Crippen molar-refractivity contribution in [2.45, 2.75) is 25.1 Å². The molecule has 8 nitrogen and oxygen atoms in total. The number of nitrogens with zero attached hydrogens (tertiary/aromatic N) is 1. The highest BCUT2D eigenvalue weighted by atomic mass is 32.2. The van der Waals surface area contributed by atoms with Gasteiger partial charge in [-0.15, -0.1) is 4.91 Å². The summed E-state index contributed by atoms with van der Waals surface area (Å²) in [6.07, 6.45) is 0. The number of rotatable bonds is 10. The van der Waals surface area contributed by atoms with E-state index in [1.165, 1.54) is 6.07 Å². The molecular formula is C19H21N3O5S2. The van der Waals surface area contributed by atoms with Crippen molar-refractivity contribution in [1.29, 1.82) is 0 Å². The Balaban J connectivity index is 2.02. The number of aliphatic hydroxyl groups excluding tert-OH is 1. The van der Waals surface area contributed by atoms with Gasteiger partial charge in [-0.25, -0.2) is 0 Å². The Morgan fingerprint density at radius 2 is 1.90 bits per heavy atom. The number of carbonyl (C=O) groups excluding carboxylic acids is 1. The topological polar surface area (TPSA) is 123 Å². The van der Waals surface area contributed by atoms with Crippen LogP contribution in [-0.4, -0.2) is 33.8 Å². The monoisotopic (exact) mass is 435 g/mol. The summed E-state index contributed by atoms with van der Waals surface area (Å²) in [4.78, 5) is 23.2. The summed E-state index contributed by atoms with van der Waals surface area (Å²) >= 11 is 5.72. The molecule has 0 spiro atoms. The van der Waals surface area contributed by atoms with Crippen molar-refractivity contribution < 1.29 is 19.4 Å². The lowest BCUT2D eigenvalue weighted by Crippen LogP contribution is -2.36. The van der Waals surface area contributed by atoms with E-state index in [0.29, 0.717) is 11.3 Å². The largest absolute Gasteiger partial charge is 0.432 e. The zero-order valence-electron chi connectivity index (χ0n) is 15.8. The highest BCUT2D eigenvalue weighted by Gasteiger charge is 2.22. The van der Waals surface area contributed by atoms with Crippen LogP contribution in [0.4, 0.5) is 0 Å². The van der Waals surface area contributed by atoms with E-state index in [1.807, 2.05) is 0 Å². The molecule has 10 heteroatoms. The molecule has 29 heavy (non-hydrogen) atoms. The summed E-state index contributed by atoms with van der Waals surface area (Å²) in [6.45, 7) is 2.13. The second kappa shape index (κ2) is 10.2. The average molecular weight is 436 g/mol. The average Bonchev–Trinajstić information content (AvgIpc) is 2.67. The molecule has 0 heterocycles. The Labute approximate surface area is 177 Å². The van der Waals surface area contributed by atoms with Crippen LogP contribution in [0.25, 0.3) is 0 Å². The van der Waals surface area contributed by atoms with Crippen LogP contribution < -0.4 is 20.5 Å². The van der Waals surface area contributed by atoms with Crippen LogP contribution in [0.2, 0.25) is 0 Å². The number of hydrogen-bond donors (Lipinski definition) is 3. The number of nitroso groups, excluding NO2 is 1. The highest BCUT2D eigenvalue weighted by molar-refractivity contribution is 7.99. The second-order valence-electron chi connectivity index (χ2n) is 6.54. The minimum atomic E-state index is -1.65. The molecular weight excluding hydrogens is 414 g/mol. The number of benzene rings is 2. The first-order valence-corrected chi connectivity index (χ1v) is 9.69. The first kappa shape index (κ1) is 22.6. The van der Waals surface area contributed by atoms with Crippen molar-refractivity contribution in [1.82, 2.24) is 5.32 Å². The summed E-state index contributed by atoms with van der Waals surface area (Å²) in [7, 11) is 0. The van der Waals surface area contributed by atoms with Crippen molar-refractivity contribution in [2.24, 2.45) is 10.3 Å². The van der Waals surface area contributed by atoms with E-state index < -0.39 is 17.1 Å². The van der Waals surface area contributed by atoms with Gasteiger partial charge in [-0.2, -0.15) is 0 Å². The number of para-hydroxylation sites is 1. The predicted octanol–water partition coefficient (Wildman–Crippen LogP) is 2.98. The molecule has 0 aliphatic heterocycles. The molecule has 2 rings (SSSR count). The number of amides is 1. The molecule has 2 aromatic rings. The van der Waals surface area contributed by atoms with E-state index in [-0.39, 0.29) is 22.8 Å². The molecule has 0 radical (unpaired) electrons. The smallest absolute Gasteiger partial charge is 0.358 e. The molecule has 0 fully saturated rings. The van der Waals surface area contributed by atoms with Crippen molar-refractivity contribution in [3.05, 3.63) is 64.6 Å². The summed E-state index contributed by atoms with van der Waals surface area (Å²) in [5, 5.41) is 12.8. The molecule has 1 atom stereocenters. The van der Waals surface area contributed by atoms with Gasteiger partial charge in [0.25, 0.3) is 5.91 Å². The number of thiocarbonyl (C=S) groups is 1. The Bertz CT molecular complexity index is 874. The maximum Gasteiger partial charge on any atom is 0.358 e. The zero-order chi connectivity index (χ0) is 21.4. The van der Waals surface area contributed by atoms with Crippen LogP contribution >= 0.6 is 24.2 Å². The Hall–Kier alpha value is -2.69. The van der Waals surface area contributed by atoms with Crippen molar-refractivity contribution >= 4 is 35.1 Å². The first-order valence-electron chi connectivity index (χ1n) is 8.51. The van der Waals surface area contributed by atoms with Crippen LogP contribution in [0.15, 0.2) is 53.1 Å². The minimum Gasteiger partial charge on any atom is -0.432 e. The molecule has 4 N–H and O–H groups in total. The summed E-state index contributed by atoms with van der Waals surface area (Å²) in [5.74, 6) is 0.0454. The molecule has 0 aliphatic carbocycles. The Morgan fingerprint density at radius 3 is 2.52 bits per heavy atom. The Morgan fingerprint density at radius 1 is 1.24 bits per heavy atom. The van der Waals surface area contributed by atoms with E-state index in [0.717, 1.165) is 11.9 Å². The molecule has 154 valence electrons. The summed E-state index contributed by atoms with van der Waals surface area (Å²) in [6, 6.07) is 12.9. The van der Waals surface area contributed by atoms with Gasteiger partial charge in [0.2, 0.25) is 0 Å². The molecule has 0 saturated heterocycles. The van der Waals surface area contributed by atoms with E-state index >= 15 is 0 Å². The normalized spacial score (nSPS) is 12.0. The third kappa shape index (κ3) is 7.00. The van der Waals surface area contributed by atoms with E-state index in [4.69, 9.17) is 27.4 Å². The third-order valence-electron chi connectivity index (χ3n) is 3.69. The summed E-state index contributed by atoms with van der Waals surface area (Å²) in [5.41, 5.74) is 6.41. The highest BCUT2D eigenvalue weighted by Crippen LogP contribution is 2.25. The fourth-order valence-electron chi connectivity index (χ4n) is 2.23. The van der Waals surface area contributed by atoms with Gasteiger partial charge in [0, 0.05) is 28.6 Å². The van der Waals surface area contributed by atoms with Gasteiger partial charge in [-0.1, -0.05) is 24.4 Å². The van der Waals surface area contributed by atoms with Crippen molar-refractivity contribution in [2.75, 3.05) is 6.54 Å². The van der Waals surface area contributed by atoms with Crippen LogP contribution in [0.5, 0.6) is 11.5 Å². The van der Waals surface area contributed by atoms with E-state index in [9.17, 15) is 14.8 Å². The lowest BCUT2D eigenvalue weighted by Gasteiger charge is -2.21. The lowest BCUT2D eigenvalue weighted by atomic mass is 10.1. The third-order valence-corrected chi connectivity index (χ3v) is 4.64. The molecule has 1 unspecified atom stereocenters. The van der Waals surface area contributed by atoms with Gasteiger partial charge in [0.05, 0.1) is 10.3 Å². The number of nitrogens with two attached hydrogens (primary N) is 1. The first-order chi connectivity index (χ1) is 13.7. The molecule has 0 saturated carbocycles. The quantitative estimate of drug-likeness (QED) is 0.225. The van der Waals surface area contributed by atoms with Crippen LogP contribution in [0.3, 0.4) is 0 Å². The fraction of sp³-hybridized carbons (Fsp3) is 0.263. The summed E-state index contributed by atoms with van der Waals surface area (Å²) < 4.78 is 12.9. The number of carbonyl (C=O) groups is 1. The maximum absolute atomic E-state index is 12.5. The molecule has 0 aliphatic rings. The minimum absolute atomic E-state index is 0.135. The predicted molar refractivity (Wildman–Crippen MR) is 116 cm³/mol. The molecule has 1 amide bonds. The van der Waals surface area contributed by atoms with Gasteiger partial charge in [0.15, 0.2) is 0 Å². The molecule has 0 bridgehead atoms. The fourth-order valence-corrected chi connectivity index (χ4v) is 2.70. The lowest BCUT2D eigenvalue weighted by molar-refractivity contribution is -0.160. The number of ether oxygens (including phenoxy) is 2. The van der Waals surface area contributed by atoms with Gasteiger partial charge < -0.3 is 25.6 Å². The molecule has 0 aromatic heterocycles. The van der Waals surface area contributed by atoms with Gasteiger partial charge >= 0.3 is 6.48 Å². The van der Waals surface area contributed by atoms with Gasteiger partial charge in [-0.05, 0) is 50.2 Å². The van der Waals surface area contributed by atoms with Crippen molar-refractivity contribution in [3.8, 4) is 11.5 Å². The standard InChI is InChI=1S/C19H21N3O5S2/c1-19(2,29-22-25)11-21-17(23)14-5-3-4-6-15(14)27-18(24)26-13-9-7-12(8-10-13)16(20)28/h3-10,18,24H,11H2,1-2H3,(H2,20,28)(H,21,23). The maximum atomic E-state index is 12.5. The van der Waals surface area contributed by atoms with Crippen LogP contribution in [0, 0.1) is 4.91 Å². The van der Waals surface area contributed by atoms with E-state index in [1.54, 1.807) is 56.3 Å². The van der Waals surface area contributed by atoms with Gasteiger partial charge in [0.1, 0.15) is 16.5 Å². The number of aliphatic hydroxyl groups is 1. The number of hydrogen-bond acceptors (Lipinski definition) is 8. The Kier molecular flexibility index (Phi) is 7.94. The van der Waals surface area contributed by atoms with Crippen LogP contribution in [-0.2, 0) is 0 Å². The zero-order valence-corrected chi connectivity index (χ0v) is 17.5. The molecule has 2 aromatic carbocycles. The van der Waals surface area contributed by atoms with Gasteiger partial charge in [-0.3, -0.25) is 4.79 Å². The van der Waals surface area contributed by atoms with Crippen LogP contribution in [0.1, 0.15) is 29.8 Å². The number of nitrogens with one attached hydrogen (secondary N) is 1. The second-order valence-corrected chi connectivity index (χ2v) is 8.41. The van der Waals surface area contributed by atoms with E-state index in [2.05, 4.69) is 9.90 Å². The SMILES string of the molecule is CC(C)(CNC(=O)c1ccccc1OC(O)Oc1ccc(C(N)=S)cc1)SN=O.